The third-order valence-electron chi connectivity index (χ3n) is 9.88. The number of hydrogen-bond acceptors (Lipinski definition) is 6. The first-order valence-electron chi connectivity index (χ1n) is 15.3. The van der Waals surface area contributed by atoms with E-state index in [4.69, 9.17) is 15.5 Å². The predicted molar refractivity (Wildman–Crippen MR) is 165 cm³/mol. The number of likely N-dealkylation sites (tertiary alicyclic amines) is 1. The number of aliphatic hydroxyl groups excluding tert-OH is 1. The van der Waals surface area contributed by atoms with E-state index in [9.17, 15) is 9.90 Å². The van der Waals surface area contributed by atoms with E-state index >= 15 is 0 Å². The summed E-state index contributed by atoms with van der Waals surface area (Å²) in [5.74, 6) is 2.50. The van der Waals surface area contributed by atoms with Crippen molar-refractivity contribution in [3.8, 4) is 28.4 Å². The second-order valence-electron chi connectivity index (χ2n) is 12.5. The SMILES string of the molecule is COc1cc(C(=O)N2C[C@H]3CC[C@@H]2[C@@H]3N)cc2nc(-c3cc4cccc(-c5cnn(CCO)c5)c4n3CC3CC3)n(C)c12. The summed E-state index contributed by atoms with van der Waals surface area (Å²) in [6.45, 7) is 2.13. The van der Waals surface area contributed by atoms with Gasteiger partial charge in [-0.15, -0.1) is 0 Å². The van der Waals surface area contributed by atoms with Crippen molar-refractivity contribution in [2.45, 2.75) is 50.9 Å². The first-order valence-corrected chi connectivity index (χ1v) is 15.3. The predicted octanol–water partition coefficient (Wildman–Crippen LogP) is 4.03. The van der Waals surface area contributed by atoms with E-state index in [-0.39, 0.29) is 24.6 Å². The Bertz CT molecular complexity index is 1880. The molecule has 2 bridgehead atoms. The van der Waals surface area contributed by atoms with Crippen LogP contribution in [0.3, 0.4) is 0 Å². The van der Waals surface area contributed by atoms with E-state index < -0.39 is 0 Å². The van der Waals surface area contributed by atoms with Gasteiger partial charge in [0, 0.05) is 60.5 Å². The molecule has 4 heterocycles. The van der Waals surface area contributed by atoms with E-state index in [1.165, 1.54) is 12.8 Å². The molecule has 3 aromatic heterocycles. The normalized spacial score (nSPS) is 21.5. The zero-order chi connectivity index (χ0) is 29.4. The van der Waals surface area contributed by atoms with Gasteiger partial charge in [-0.1, -0.05) is 18.2 Å². The number of hydrogen-bond donors (Lipinski definition) is 2. The van der Waals surface area contributed by atoms with E-state index in [0.29, 0.717) is 29.7 Å². The number of ether oxygens (including phenoxy) is 1. The molecule has 3 aliphatic rings. The molecule has 10 heteroatoms. The van der Waals surface area contributed by atoms with Crippen LogP contribution in [-0.2, 0) is 20.1 Å². The van der Waals surface area contributed by atoms with Gasteiger partial charge < -0.3 is 29.6 Å². The zero-order valence-corrected chi connectivity index (χ0v) is 24.6. The van der Waals surface area contributed by atoms with Crippen LogP contribution in [-0.4, -0.2) is 72.2 Å². The third kappa shape index (κ3) is 4.18. The number of fused-ring (bicyclic) bond motifs is 4. The number of carbonyl (C=O) groups is 1. The van der Waals surface area contributed by atoms with Crippen LogP contribution in [0.2, 0.25) is 0 Å². The van der Waals surface area contributed by atoms with Crippen LogP contribution in [0.15, 0.2) is 48.8 Å². The number of para-hydroxylation sites is 1. The van der Waals surface area contributed by atoms with Crippen molar-refractivity contribution in [2.24, 2.45) is 24.6 Å². The molecule has 0 radical (unpaired) electrons. The molecule has 0 spiro atoms. The van der Waals surface area contributed by atoms with Crippen LogP contribution >= 0.6 is 0 Å². The highest BCUT2D eigenvalue weighted by atomic mass is 16.5. The number of carbonyl (C=O) groups excluding carboxylic acids is 1. The molecule has 2 aliphatic carbocycles. The molecular formula is C33H37N7O3. The Morgan fingerprint density at radius 2 is 2.00 bits per heavy atom. The fourth-order valence-electron chi connectivity index (χ4n) is 7.49. The number of benzene rings is 2. The number of piperidine rings is 1. The molecule has 3 atom stereocenters. The lowest BCUT2D eigenvalue weighted by Gasteiger charge is -2.27. The van der Waals surface area contributed by atoms with Crippen LogP contribution in [0.5, 0.6) is 5.75 Å². The van der Waals surface area contributed by atoms with Gasteiger partial charge in [0.25, 0.3) is 5.91 Å². The molecule has 5 aromatic rings. The summed E-state index contributed by atoms with van der Waals surface area (Å²) >= 11 is 0. The Balaban J connectivity index is 1.26. The Kier molecular flexibility index (Phi) is 6.13. The summed E-state index contributed by atoms with van der Waals surface area (Å²) in [7, 11) is 3.67. The average molecular weight is 580 g/mol. The summed E-state index contributed by atoms with van der Waals surface area (Å²) in [5, 5.41) is 15.0. The molecule has 10 nitrogen and oxygen atoms in total. The molecule has 2 saturated carbocycles. The van der Waals surface area contributed by atoms with Gasteiger partial charge in [0.1, 0.15) is 11.3 Å². The summed E-state index contributed by atoms with van der Waals surface area (Å²) in [6.07, 6.45) is 8.38. The van der Waals surface area contributed by atoms with Gasteiger partial charge in [-0.05, 0) is 55.7 Å². The van der Waals surface area contributed by atoms with Crippen molar-refractivity contribution in [3.05, 3.63) is 54.4 Å². The van der Waals surface area contributed by atoms with Gasteiger partial charge in [-0.2, -0.15) is 5.10 Å². The van der Waals surface area contributed by atoms with Crippen molar-refractivity contribution in [3.63, 3.8) is 0 Å². The summed E-state index contributed by atoms with van der Waals surface area (Å²) in [4.78, 5) is 20.8. The Morgan fingerprint density at radius 1 is 1.14 bits per heavy atom. The number of nitrogens with two attached hydrogens (primary N) is 1. The molecule has 1 saturated heterocycles. The number of nitrogens with zero attached hydrogens (tertiary/aromatic N) is 6. The largest absolute Gasteiger partial charge is 0.494 e. The standard InChI is InChI=1S/C33H37N7O3/c1-37-31-25(12-22(14-28(31)43-2)33(42)40-18-21-8-9-26(40)29(21)34)36-32(37)27-13-20-4-3-5-24(23-15-35-38(17-23)10-11-41)30(20)39(27)16-19-6-7-19/h3-5,12-15,17,19,21,26,29,41H,6-11,16,18,34H2,1-2H3/t21-,26-,29-/m1/s1. The number of amides is 1. The summed E-state index contributed by atoms with van der Waals surface area (Å²) < 4.78 is 12.1. The number of aromatic nitrogens is 5. The number of rotatable bonds is 8. The van der Waals surface area contributed by atoms with Crippen LogP contribution in [0.1, 0.15) is 36.0 Å². The minimum Gasteiger partial charge on any atom is -0.494 e. The minimum absolute atomic E-state index is 0.00397. The molecule has 1 amide bonds. The smallest absolute Gasteiger partial charge is 0.254 e. The van der Waals surface area contributed by atoms with Crippen molar-refractivity contribution < 1.29 is 14.6 Å². The van der Waals surface area contributed by atoms with E-state index in [2.05, 4.69) is 38.5 Å². The van der Waals surface area contributed by atoms with Crippen LogP contribution in [0, 0.1) is 11.8 Å². The summed E-state index contributed by atoms with van der Waals surface area (Å²) in [6, 6.07) is 12.5. The fourth-order valence-corrected chi connectivity index (χ4v) is 7.49. The van der Waals surface area contributed by atoms with Gasteiger partial charge in [-0.3, -0.25) is 9.48 Å². The molecular weight excluding hydrogens is 542 g/mol. The fraction of sp³-hybridized carbons (Fsp3) is 0.424. The quantitative estimate of drug-likeness (QED) is 0.287. The maximum Gasteiger partial charge on any atom is 0.254 e. The first-order chi connectivity index (χ1) is 20.9. The van der Waals surface area contributed by atoms with Gasteiger partial charge >= 0.3 is 0 Å². The Labute approximate surface area is 249 Å². The van der Waals surface area contributed by atoms with E-state index in [1.807, 2.05) is 36.5 Å². The maximum atomic E-state index is 13.7. The lowest BCUT2D eigenvalue weighted by atomic mass is 10.1. The van der Waals surface area contributed by atoms with Gasteiger partial charge in [0.15, 0.2) is 5.82 Å². The summed E-state index contributed by atoms with van der Waals surface area (Å²) in [5.41, 5.74) is 12.9. The van der Waals surface area contributed by atoms with Crippen LogP contribution in [0.4, 0.5) is 0 Å². The number of methoxy groups -OCH3 is 1. The number of aryl methyl sites for hydroxylation is 1. The Morgan fingerprint density at radius 3 is 2.72 bits per heavy atom. The highest BCUT2D eigenvalue weighted by molar-refractivity contribution is 6.01. The van der Waals surface area contributed by atoms with Gasteiger partial charge in [0.2, 0.25) is 0 Å². The highest BCUT2D eigenvalue weighted by Gasteiger charge is 2.47. The lowest BCUT2D eigenvalue weighted by molar-refractivity contribution is 0.0700. The maximum absolute atomic E-state index is 13.7. The molecule has 3 N–H and O–H groups in total. The lowest BCUT2D eigenvalue weighted by Crippen LogP contribution is -2.41. The first kappa shape index (κ1) is 26.5. The van der Waals surface area contributed by atoms with Crippen molar-refractivity contribution in [2.75, 3.05) is 20.3 Å². The molecule has 0 unspecified atom stereocenters. The highest BCUT2D eigenvalue weighted by Crippen LogP contribution is 2.41. The Hall–Kier alpha value is -4.15. The molecule has 2 aromatic carbocycles. The molecule has 3 fully saturated rings. The van der Waals surface area contributed by atoms with Crippen LogP contribution < -0.4 is 10.5 Å². The third-order valence-corrected chi connectivity index (χ3v) is 9.88. The zero-order valence-electron chi connectivity index (χ0n) is 24.6. The van der Waals surface area contributed by atoms with Crippen molar-refractivity contribution >= 4 is 27.8 Å². The van der Waals surface area contributed by atoms with Crippen LogP contribution in [0.25, 0.3) is 44.6 Å². The topological polar surface area (TPSA) is 116 Å². The van der Waals surface area contributed by atoms with E-state index in [1.54, 1.807) is 11.8 Å². The second kappa shape index (κ2) is 9.96. The van der Waals surface area contributed by atoms with E-state index in [0.717, 1.165) is 70.5 Å². The average Bonchev–Trinajstić information content (AvgIpc) is 3.31. The molecule has 1 aliphatic heterocycles. The monoisotopic (exact) mass is 579 g/mol. The molecule has 43 heavy (non-hydrogen) atoms. The van der Waals surface area contributed by atoms with Gasteiger partial charge in [-0.25, -0.2) is 4.98 Å². The molecule has 8 rings (SSSR count). The minimum atomic E-state index is 0.00397. The second-order valence-corrected chi connectivity index (χ2v) is 12.5. The number of aliphatic hydroxyl groups is 1. The van der Waals surface area contributed by atoms with Crippen molar-refractivity contribution in [1.82, 2.24) is 28.8 Å². The number of imidazole rings is 1. The molecule has 222 valence electrons. The van der Waals surface area contributed by atoms with Gasteiger partial charge in [0.05, 0.1) is 43.2 Å². The van der Waals surface area contributed by atoms with Crippen molar-refractivity contribution in [1.29, 1.82) is 0 Å².